The molecule has 0 radical (unpaired) electrons. The van der Waals surface area contributed by atoms with Gasteiger partial charge in [0.05, 0.1) is 4.90 Å². The minimum absolute atomic E-state index is 0.238. The zero-order chi connectivity index (χ0) is 16.5. The van der Waals surface area contributed by atoms with Crippen LogP contribution in [0.3, 0.4) is 0 Å². The first kappa shape index (κ1) is 17.2. The third-order valence-corrected chi connectivity index (χ3v) is 6.85. The number of nitrogens with zero attached hydrogens (tertiary/aromatic N) is 1. The van der Waals surface area contributed by atoms with Crippen LogP contribution < -0.4 is 0 Å². The lowest BCUT2D eigenvalue weighted by molar-refractivity contribution is 0.397. The molecule has 0 N–H and O–H groups in total. The molecule has 0 fully saturated rings. The first-order valence-corrected chi connectivity index (χ1v) is 9.28. The van der Waals surface area contributed by atoms with E-state index in [1.807, 2.05) is 32.9 Å². The van der Waals surface area contributed by atoms with Gasteiger partial charge in [-0.15, -0.1) is 0 Å². The van der Waals surface area contributed by atoms with Crippen LogP contribution in [0.2, 0.25) is 0 Å². The van der Waals surface area contributed by atoms with Crippen LogP contribution in [-0.4, -0.2) is 19.8 Å². The van der Waals surface area contributed by atoms with Crippen molar-refractivity contribution in [3.63, 3.8) is 0 Å². The van der Waals surface area contributed by atoms with Crippen molar-refractivity contribution in [3.05, 3.63) is 63.6 Å². The van der Waals surface area contributed by atoms with Crippen LogP contribution in [0, 0.1) is 13.8 Å². The van der Waals surface area contributed by atoms with Crippen LogP contribution in [-0.2, 0) is 10.0 Å². The van der Waals surface area contributed by atoms with Gasteiger partial charge in [-0.2, -0.15) is 4.31 Å². The molecule has 3 nitrogen and oxygen atoms in total. The molecule has 0 heterocycles. The molecule has 1 atom stereocenters. The Morgan fingerprint density at radius 3 is 2.32 bits per heavy atom. The fraction of sp³-hybridized carbons (Fsp3) is 0.294. The van der Waals surface area contributed by atoms with Gasteiger partial charge in [-0.25, -0.2) is 8.42 Å². The van der Waals surface area contributed by atoms with Crippen molar-refractivity contribution >= 4 is 26.0 Å². The molecule has 0 saturated heterocycles. The standard InChI is InChI=1S/C17H20BrNO2S/c1-12-9-10-15(13(2)11-12)14(3)19(4)22(20,21)17-8-6-5-7-16(17)18/h5-11,14H,1-4H3. The number of benzene rings is 2. The van der Waals surface area contributed by atoms with E-state index in [0.717, 1.165) is 11.1 Å². The van der Waals surface area contributed by atoms with E-state index in [2.05, 4.69) is 22.0 Å². The number of hydrogen-bond donors (Lipinski definition) is 0. The fourth-order valence-electron chi connectivity index (χ4n) is 2.51. The Morgan fingerprint density at radius 1 is 1.09 bits per heavy atom. The topological polar surface area (TPSA) is 37.4 Å². The van der Waals surface area contributed by atoms with Gasteiger partial charge in [0, 0.05) is 17.6 Å². The Kier molecular flexibility index (Phi) is 5.10. The average molecular weight is 382 g/mol. The van der Waals surface area contributed by atoms with E-state index in [1.165, 1.54) is 9.87 Å². The van der Waals surface area contributed by atoms with Gasteiger partial charge in [0.15, 0.2) is 0 Å². The van der Waals surface area contributed by atoms with Crippen molar-refractivity contribution in [2.24, 2.45) is 0 Å². The Labute approximate surface area is 141 Å². The van der Waals surface area contributed by atoms with Crippen molar-refractivity contribution in [1.29, 1.82) is 0 Å². The van der Waals surface area contributed by atoms with Gasteiger partial charge in [-0.05, 0) is 60.0 Å². The molecule has 0 spiro atoms. The van der Waals surface area contributed by atoms with E-state index in [9.17, 15) is 8.42 Å². The maximum atomic E-state index is 12.8. The molecular weight excluding hydrogens is 362 g/mol. The highest BCUT2D eigenvalue weighted by Crippen LogP contribution is 2.31. The smallest absolute Gasteiger partial charge is 0.207 e. The molecule has 2 aromatic carbocycles. The summed E-state index contributed by atoms with van der Waals surface area (Å²) in [4.78, 5) is 0.286. The molecule has 2 aromatic rings. The van der Waals surface area contributed by atoms with E-state index in [4.69, 9.17) is 0 Å². The second-order valence-corrected chi connectivity index (χ2v) is 8.31. The Hall–Kier alpha value is -1.17. The van der Waals surface area contributed by atoms with Gasteiger partial charge >= 0.3 is 0 Å². The highest BCUT2D eigenvalue weighted by atomic mass is 79.9. The summed E-state index contributed by atoms with van der Waals surface area (Å²) >= 11 is 3.32. The van der Waals surface area contributed by atoms with Crippen LogP contribution in [0.1, 0.15) is 29.7 Å². The zero-order valence-corrected chi connectivity index (χ0v) is 15.6. The monoisotopic (exact) mass is 381 g/mol. The van der Waals surface area contributed by atoms with Crippen LogP contribution in [0.25, 0.3) is 0 Å². The first-order valence-electron chi connectivity index (χ1n) is 7.05. The maximum absolute atomic E-state index is 12.8. The summed E-state index contributed by atoms with van der Waals surface area (Å²) in [6.07, 6.45) is 0. The van der Waals surface area contributed by atoms with Crippen molar-refractivity contribution < 1.29 is 8.42 Å². The summed E-state index contributed by atoms with van der Waals surface area (Å²) in [5, 5.41) is 0. The molecule has 2 rings (SSSR count). The van der Waals surface area contributed by atoms with E-state index < -0.39 is 10.0 Å². The van der Waals surface area contributed by atoms with Gasteiger partial charge < -0.3 is 0 Å². The van der Waals surface area contributed by atoms with Crippen LogP contribution in [0.5, 0.6) is 0 Å². The SMILES string of the molecule is Cc1ccc(C(C)N(C)S(=O)(=O)c2ccccc2Br)c(C)c1. The molecule has 0 aromatic heterocycles. The minimum atomic E-state index is -3.56. The number of sulfonamides is 1. The highest BCUT2D eigenvalue weighted by molar-refractivity contribution is 9.10. The molecule has 0 saturated carbocycles. The van der Waals surface area contributed by atoms with Gasteiger partial charge in [0.2, 0.25) is 10.0 Å². The number of rotatable bonds is 4. The summed E-state index contributed by atoms with van der Waals surface area (Å²) < 4.78 is 27.7. The normalized spacial score (nSPS) is 13.4. The quantitative estimate of drug-likeness (QED) is 0.784. The summed E-state index contributed by atoms with van der Waals surface area (Å²) in [5.41, 5.74) is 3.29. The Bertz CT molecular complexity index is 787. The predicted octanol–water partition coefficient (Wildman–Crippen LogP) is 4.45. The van der Waals surface area contributed by atoms with E-state index >= 15 is 0 Å². The van der Waals surface area contributed by atoms with Crippen molar-refractivity contribution in [2.75, 3.05) is 7.05 Å². The van der Waals surface area contributed by atoms with Crippen LogP contribution in [0.4, 0.5) is 0 Å². The molecule has 22 heavy (non-hydrogen) atoms. The van der Waals surface area contributed by atoms with Crippen LogP contribution >= 0.6 is 15.9 Å². The van der Waals surface area contributed by atoms with E-state index in [0.29, 0.717) is 4.47 Å². The largest absolute Gasteiger partial charge is 0.244 e. The Balaban J connectivity index is 2.42. The molecule has 0 aliphatic heterocycles. The highest BCUT2D eigenvalue weighted by Gasteiger charge is 2.28. The van der Waals surface area contributed by atoms with Gasteiger partial charge in [0.1, 0.15) is 0 Å². The third kappa shape index (κ3) is 3.26. The minimum Gasteiger partial charge on any atom is -0.207 e. The number of aryl methyl sites for hydroxylation is 2. The van der Waals surface area contributed by atoms with Crippen LogP contribution in [0.15, 0.2) is 51.8 Å². The molecule has 0 bridgehead atoms. The first-order chi connectivity index (χ1) is 10.2. The third-order valence-electron chi connectivity index (χ3n) is 3.91. The van der Waals surface area contributed by atoms with E-state index in [-0.39, 0.29) is 10.9 Å². The van der Waals surface area contributed by atoms with Gasteiger partial charge in [0.25, 0.3) is 0 Å². The lowest BCUT2D eigenvalue weighted by atomic mass is 10.0. The lowest BCUT2D eigenvalue weighted by Crippen LogP contribution is -2.30. The summed E-state index contributed by atoms with van der Waals surface area (Å²) in [7, 11) is -1.93. The maximum Gasteiger partial charge on any atom is 0.244 e. The predicted molar refractivity (Wildman–Crippen MR) is 93.4 cm³/mol. The fourth-order valence-corrected chi connectivity index (χ4v) is 4.81. The lowest BCUT2D eigenvalue weighted by Gasteiger charge is -2.26. The summed E-state index contributed by atoms with van der Waals surface area (Å²) in [6, 6.07) is 12.7. The molecule has 118 valence electrons. The zero-order valence-electron chi connectivity index (χ0n) is 13.2. The molecular formula is C17H20BrNO2S. The Morgan fingerprint density at radius 2 is 1.73 bits per heavy atom. The van der Waals surface area contributed by atoms with Gasteiger partial charge in [-0.1, -0.05) is 35.9 Å². The van der Waals surface area contributed by atoms with E-state index in [1.54, 1.807) is 31.3 Å². The molecule has 5 heteroatoms. The van der Waals surface area contributed by atoms with Crippen molar-refractivity contribution in [2.45, 2.75) is 31.7 Å². The summed E-state index contributed by atoms with van der Waals surface area (Å²) in [6.45, 7) is 5.95. The number of halogens is 1. The molecule has 0 amide bonds. The summed E-state index contributed by atoms with van der Waals surface area (Å²) in [5.74, 6) is 0. The van der Waals surface area contributed by atoms with Gasteiger partial charge in [-0.3, -0.25) is 0 Å². The average Bonchev–Trinajstić information content (AvgIpc) is 2.46. The number of hydrogen-bond acceptors (Lipinski definition) is 2. The molecule has 0 aliphatic carbocycles. The molecule has 1 unspecified atom stereocenters. The molecule has 0 aliphatic rings. The van der Waals surface area contributed by atoms with Crippen molar-refractivity contribution in [3.8, 4) is 0 Å². The second-order valence-electron chi connectivity index (χ2n) is 5.49. The second kappa shape index (κ2) is 6.52. The van der Waals surface area contributed by atoms with Crippen molar-refractivity contribution in [1.82, 2.24) is 4.31 Å².